The minimum absolute atomic E-state index is 0.0298. The second kappa shape index (κ2) is 15.3. The van der Waals surface area contributed by atoms with Crippen molar-refractivity contribution in [1.82, 2.24) is 5.32 Å². The molecule has 6 nitrogen and oxygen atoms in total. The summed E-state index contributed by atoms with van der Waals surface area (Å²) >= 11 is 0. The molecule has 0 rings (SSSR count). The van der Waals surface area contributed by atoms with Crippen molar-refractivity contribution in [2.75, 3.05) is 33.0 Å². The number of rotatable bonds is 15. The highest BCUT2D eigenvalue weighted by atomic mass is 16.5. The largest absolute Gasteiger partial charge is 0.481 e. The van der Waals surface area contributed by atoms with E-state index >= 15 is 0 Å². The molecule has 0 aromatic rings. The van der Waals surface area contributed by atoms with Crippen LogP contribution in [-0.4, -0.2) is 50.0 Å². The minimum atomic E-state index is -0.955. The molecular weight excluding hydrogens is 274 g/mol. The number of hydrogen-bond donors (Lipinski definition) is 2. The van der Waals surface area contributed by atoms with Gasteiger partial charge in [0.2, 0.25) is 5.91 Å². The van der Waals surface area contributed by atoms with Gasteiger partial charge in [-0.2, -0.15) is 0 Å². The first-order chi connectivity index (χ1) is 10.2. The summed E-state index contributed by atoms with van der Waals surface area (Å²) < 4.78 is 10.8. The van der Waals surface area contributed by atoms with Gasteiger partial charge in [0.1, 0.15) is 0 Å². The van der Waals surface area contributed by atoms with Gasteiger partial charge in [0.25, 0.3) is 0 Å². The van der Waals surface area contributed by atoms with Crippen LogP contribution in [0.1, 0.15) is 51.9 Å². The fourth-order valence-electron chi connectivity index (χ4n) is 1.66. The highest BCUT2D eigenvalue weighted by Gasteiger charge is 2.03. The third-order valence-electron chi connectivity index (χ3n) is 2.87. The van der Waals surface area contributed by atoms with Gasteiger partial charge >= 0.3 is 5.97 Å². The molecule has 0 atom stereocenters. The predicted molar refractivity (Wildman–Crippen MR) is 80.3 cm³/mol. The van der Waals surface area contributed by atoms with Crippen molar-refractivity contribution in [2.24, 2.45) is 0 Å². The molecule has 0 saturated carbocycles. The number of carbonyl (C=O) groups is 2. The standard InChI is InChI=1S/C15H29NO5/c1-2-3-4-5-10-20-12-13-21-11-6-9-16-14(17)7-8-15(18)19/h2-13H2,1H3,(H,16,17)(H,18,19). The number of hydrogen-bond acceptors (Lipinski definition) is 4. The summed E-state index contributed by atoms with van der Waals surface area (Å²) in [4.78, 5) is 21.5. The van der Waals surface area contributed by atoms with Crippen LogP contribution in [0.3, 0.4) is 0 Å². The van der Waals surface area contributed by atoms with E-state index < -0.39 is 5.97 Å². The van der Waals surface area contributed by atoms with Gasteiger partial charge in [0, 0.05) is 26.2 Å². The van der Waals surface area contributed by atoms with Crippen molar-refractivity contribution in [3.63, 3.8) is 0 Å². The number of amides is 1. The van der Waals surface area contributed by atoms with E-state index in [0.29, 0.717) is 26.4 Å². The maximum Gasteiger partial charge on any atom is 0.303 e. The summed E-state index contributed by atoms with van der Waals surface area (Å²) in [6.45, 7) is 5.23. The molecule has 0 spiro atoms. The van der Waals surface area contributed by atoms with Gasteiger partial charge in [-0.05, 0) is 12.8 Å². The molecule has 0 radical (unpaired) electrons. The number of carboxylic acid groups (broad SMARTS) is 1. The number of unbranched alkanes of at least 4 members (excludes halogenated alkanes) is 3. The maximum atomic E-state index is 11.2. The van der Waals surface area contributed by atoms with E-state index in [2.05, 4.69) is 12.2 Å². The molecule has 0 aliphatic carbocycles. The maximum absolute atomic E-state index is 11.2. The van der Waals surface area contributed by atoms with Crippen molar-refractivity contribution in [3.8, 4) is 0 Å². The average Bonchev–Trinajstić information content (AvgIpc) is 2.46. The molecule has 21 heavy (non-hydrogen) atoms. The number of ether oxygens (including phenoxy) is 2. The van der Waals surface area contributed by atoms with Crippen LogP contribution in [0.5, 0.6) is 0 Å². The van der Waals surface area contributed by atoms with Gasteiger partial charge in [-0.1, -0.05) is 26.2 Å². The SMILES string of the molecule is CCCCCCOCCOCCCNC(=O)CCC(=O)O. The Morgan fingerprint density at radius 1 is 0.905 bits per heavy atom. The number of carbonyl (C=O) groups excluding carboxylic acids is 1. The van der Waals surface area contributed by atoms with E-state index in [0.717, 1.165) is 19.4 Å². The molecule has 0 unspecified atom stereocenters. The molecule has 2 N–H and O–H groups in total. The monoisotopic (exact) mass is 303 g/mol. The summed E-state index contributed by atoms with van der Waals surface area (Å²) in [5.41, 5.74) is 0. The summed E-state index contributed by atoms with van der Waals surface area (Å²) in [6, 6.07) is 0. The second-order valence-electron chi connectivity index (χ2n) is 4.88. The fourth-order valence-corrected chi connectivity index (χ4v) is 1.66. The first-order valence-electron chi connectivity index (χ1n) is 7.80. The second-order valence-corrected chi connectivity index (χ2v) is 4.88. The molecule has 0 bridgehead atoms. The molecule has 0 aliphatic rings. The number of aliphatic carboxylic acids is 1. The Hall–Kier alpha value is -1.14. The Morgan fingerprint density at radius 2 is 1.57 bits per heavy atom. The lowest BCUT2D eigenvalue weighted by molar-refractivity contribution is -0.138. The van der Waals surface area contributed by atoms with E-state index in [-0.39, 0.29) is 18.7 Å². The van der Waals surface area contributed by atoms with Crippen molar-refractivity contribution >= 4 is 11.9 Å². The van der Waals surface area contributed by atoms with E-state index in [1.807, 2.05) is 0 Å². The number of carboxylic acids is 1. The Morgan fingerprint density at radius 3 is 2.19 bits per heavy atom. The quantitative estimate of drug-likeness (QED) is 0.452. The van der Waals surface area contributed by atoms with Gasteiger partial charge in [-0.25, -0.2) is 0 Å². The van der Waals surface area contributed by atoms with Crippen LogP contribution < -0.4 is 5.32 Å². The molecule has 6 heteroatoms. The molecule has 0 aromatic carbocycles. The zero-order valence-corrected chi connectivity index (χ0v) is 13.1. The molecular formula is C15H29NO5. The minimum Gasteiger partial charge on any atom is -0.481 e. The molecule has 124 valence electrons. The van der Waals surface area contributed by atoms with Crippen molar-refractivity contribution in [3.05, 3.63) is 0 Å². The normalized spacial score (nSPS) is 10.5. The van der Waals surface area contributed by atoms with Gasteiger partial charge in [-0.3, -0.25) is 9.59 Å². The Balaban J connectivity index is 3.12. The van der Waals surface area contributed by atoms with Crippen molar-refractivity contribution in [2.45, 2.75) is 51.9 Å². The smallest absolute Gasteiger partial charge is 0.303 e. The third kappa shape index (κ3) is 16.8. The highest BCUT2D eigenvalue weighted by molar-refractivity contribution is 5.80. The summed E-state index contributed by atoms with van der Waals surface area (Å²) in [5, 5.41) is 11.1. The van der Waals surface area contributed by atoms with Crippen molar-refractivity contribution < 1.29 is 24.2 Å². The molecule has 0 heterocycles. The van der Waals surface area contributed by atoms with Crippen LogP contribution in [-0.2, 0) is 19.1 Å². The highest BCUT2D eigenvalue weighted by Crippen LogP contribution is 1.98. The van der Waals surface area contributed by atoms with Crippen molar-refractivity contribution in [1.29, 1.82) is 0 Å². The lowest BCUT2D eigenvalue weighted by Crippen LogP contribution is -2.25. The average molecular weight is 303 g/mol. The van der Waals surface area contributed by atoms with E-state index in [9.17, 15) is 9.59 Å². The first kappa shape index (κ1) is 19.9. The molecule has 0 aliphatic heterocycles. The van der Waals surface area contributed by atoms with Crippen LogP contribution in [0.25, 0.3) is 0 Å². The topological polar surface area (TPSA) is 84.9 Å². The lowest BCUT2D eigenvalue weighted by atomic mass is 10.2. The van der Waals surface area contributed by atoms with E-state index in [4.69, 9.17) is 14.6 Å². The zero-order chi connectivity index (χ0) is 15.8. The first-order valence-corrected chi connectivity index (χ1v) is 7.80. The molecule has 0 saturated heterocycles. The van der Waals surface area contributed by atoms with Gasteiger partial charge in [-0.15, -0.1) is 0 Å². The van der Waals surface area contributed by atoms with Crippen LogP contribution in [0.4, 0.5) is 0 Å². The fraction of sp³-hybridized carbons (Fsp3) is 0.867. The van der Waals surface area contributed by atoms with E-state index in [1.165, 1.54) is 19.3 Å². The predicted octanol–water partition coefficient (Wildman–Crippen LogP) is 1.97. The van der Waals surface area contributed by atoms with Crippen LogP contribution in [0.2, 0.25) is 0 Å². The third-order valence-corrected chi connectivity index (χ3v) is 2.87. The van der Waals surface area contributed by atoms with Gasteiger partial charge in [0.05, 0.1) is 19.6 Å². The Bertz CT molecular complexity index is 271. The Labute approximate surface area is 127 Å². The molecule has 0 fully saturated rings. The van der Waals surface area contributed by atoms with Crippen LogP contribution in [0.15, 0.2) is 0 Å². The Kier molecular flexibility index (Phi) is 14.4. The summed E-state index contributed by atoms with van der Waals surface area (Å²) in [5.74, 6) is -1.18. The summed E-state index contributed by atoms with van der Waals surface area (Å²) in [6.07, 6.45) is 5.44. The molecule has 1 amide bonds. The summed E-state index contributed by atoms with van der Waals surface area (Å²) in [7, 11) is 0. The van der Waals surface area contributed by atoms with Gasteiger partial charge < -0.3 is 19.9 Å². The zero-order valence-electron chi connectivity index (χ0n) is 13.1. The lowest BCUT2D eigenvalue weighted by Gasteiger charge is -2.06. The number of nitrogens with one attached hydrogen (secondary N) is 1. The van der Waals surface area contributed by atoms with Crippen LogP contribution in [0, 0.1) is 0 Å². The molecule has 0 aromatic heterocycles. The van der Waals surface area contributed by atoms with Gasteiger partial charge in [0.15, 0.2) is 0 Å². The van der Waals surface area contributed by atoms with E-state index in [1.54, 1.807) is 0 Å². The van der Waals surface area contributed by atoms with Crippen LogP contribution >= 0.6 is 0 Å².